The van der Waals surface area contributed by atoms with Gasteiger partial charge in [0, 0.05) is 0 Å². The molecule has 0 bridgehead atoms. The van der Waals surface area contributed by atoms with Gasteiger partial charge in [0.05, 0.1) is 0 Å². The Morgan fingerprint density at radius 1 is 1.10 bits per heavy atom. The summed E-state index contributed by atoms with van der Waals surface area (Å²) in [6, 6.07) is 0. The molecule has 0 aromatic rings. The quantitative estimate of drug-likeness (QED) is 0.310. The molecule has 0 fully saturated rings. The molecule has 3 heteroatoms. The Bertz CT molecular complexity index is 269. The average molecular weight is 403 g/mol. The third kappa shape index (κ3) is 10.4. The molecule has 118 valence electrons. The summed E-state index contributed by atoms with van der Waals surface area (Å²) in [4.78, 5) is 0. The Balaban J connectivity index is 4.63. The van der Waals surface area contributed by atoms with Gasteiger partial charge in [0.25, 0.3) is 0 Å². The molecule has 0 spiro atoms. The van der Waals surface area contributed by atoms with E-state index in [0.29, 0.717) is 6.10 Å². The molecule has 0 rings (SSSR count). The van der Waals surface area contributed by atoms with E-state index in [1.807, 2.05) is 0 Å². The van der Waals surface area contributed by atoms with Crippen LogP contribution < -0.4 is 0 Å². The van der Waals surface area contributed by atoms with Crippen LogP contribution in [0.5, 0.6) is 0 Å². The predicted molar refractivity (Wildman–Crippen MR) is 96.1 cm³/mol. The van der Waals surface area contributed by atoms with Gasteiger partial charge in [-0.25, -0.2) is 0 Å². The van der Waals surface area contributed by atoms with Crippen molar-refractivity contribution in [2.24, 2.45) is 5.41 Å². The Hall–Kier alpha value is 0.716. The molecule has 0 heterocycles. The fourth-order valence-corrected chi connectivity index (χ4v) is 6.25. The molecule has 0 aromatic carbocycles. The van der Waals surface area contributed by atoms with Crippen LogP contribution in [0.25, 0.3) is 0 Å². The maximum absolute atomic E-state index is 6.49. The molecule has 0 aromatic heterocycles. The first-order valence-corrected chi connectivity index (χ1v) is 15.4. The van der Waals surface area contributed by atoms with Crippen LogP contribution in [0.1, 0.15) is 59.8 Å². The maximum atomic E-state index is 6.49. The second-order valence-corrected chi connectivity index (χ2v) is 15.4. The van der Waals surface area contributed by atoms with Gasteiger partial charge >= 0.3 is 139 Å². The first kappa shape index (κ1) is 20.7. The van der Waals surface area contributed by atoms with Gasteiger partial charge in [0.15, 0.2) is 0 Å². The first-order chi connectivity index (χ1) is 9.23. The van der Waals surface area contributed by atoms with Crippen molar-refractivity contribution >= 4 is 29.5 Å². The Kier molecular flexibility index (Phi) is 10.8. The van der Waals surface area contributed by atoms with Crippen molar-refractivity contribution in [2.45, 2.75) is 90.0 Å². The molecular weight excluding hydrogens is 367 g/mol. The third-order valence-electron chi connectivity index (χ3n) is 3.49. The zero-order valence-electron chi connectivity index (χ0n) is 14.9. The molecular formula is C17H36OSiSn. The molecule has 1 nitrogen and oxygen atoms in total. The molecule has 0 aliphatic heterocycles. The standard InChI is InChI=1S/C13H27OSi.C4H9.Sn/c1-8-10-11-13(3,4)12(9-2)14-15(5,6)7;1-3-4-2;/h2,9,12H,8,10-11H2,1,3-7H3;1,3-4H2,2H3;. The second kappa shape index (κ2) is 10.4. The minimum absolute atomic E-state index is 0.275. The molecule has 0 amide bonds. The molecule has 1 atom stereocenters. The van der Waals surface area contributed by atoms with Crippen LogP contribution in [0.2, 0.25) is 24.1 Å². The minimum atomic E-state index is -1.48. The molecule has 0 aliphatic rings. The van der Waals surface area contributed by atoms with Crippen LogP contribution in [0.4, 0.5) is 0 Å². The Morgan fingerprint density at radius 3 is 2.20 bits per heavy atom. The van der Waals surface area contributed by atoms with Crippen molar-refractivity contribution in [3.63, 3.8) is 0 Å². The van der Waals surface area contributed by atoms with Gasteiger partial charge in [0.1, 0.15) is 0 Å². The van der Waals surface area contributed by atoms with E-state index in [9.17, 15) is 0 Å². The van der Waals surface area contributed by atoms with E-state index in [1.54, 1.807) is 0 Å². The van der Waals surface area contributed by atoms with Crippen LogP contribution in [0, 0.1) is 5.41 Å². The average Bonchev–Trinajstić information content (AvgIpc) is 2.33. The van der Waals surface area contributed by atoms with Crippen molar-refractivity contribution < 1.29 is 4.43 Å². The summed E-state index contributed by atoms with van der Waals surface area (Å²) in [6.07, 6.45) is 9.35. The van der Waals surface area contributed by atoms with Crippen LogP contribution in [0.3, 0.4) is 0 Å². The zero-order valence-corrected chi connectivity index (χ0v) is 18.7. The number of rotatable bonds is 11. The summed E-state index contributed by atoms with van der Waals surface area (Å²) in [7, 11) is -1.48. The van der Waals surface area contributed by atoms with Crippen molar-refractivity contribution in [3.8, 4) is 0 Å². The van der Waals surface area contributed by atoms with E-state index < -0.39 is 8.32 Å². The van der Waals surface area contributed by atoms with Crippen LogP contribution in [-0.2, 0) is 4.43 Å². The van der Waals surface area contributed by atoms with Gasteiger partial charge in [0.2, 0.25) is 0 Å². The fraction of sp³-hybridized carbons (Fsp3) is 0.882. The van der Waals surface area contributed by atoms with E-state index in [4.69, 9.17) is 4.43 Å². The zero-order chi connectivity index (χ0) is 15.6. The van der Waals surface area contributed by atoms with Crippen molar-refractivity contribution in [3.05, 3.63) is 10.2 Å². The monoisotopic (exact) mass is 404 g/mol. The van der Waals surface area contributed by atoms with Gasteiger partial charge < -0.3 is 0 Å². The van der Waals surface area contributed by atoms with Gasteiger partial charge in [-0.1, -0.05) is 0 Å². The van der Waals surface area contributed by atoms with Crippen LogP contribution in [-0.4, -0.2) is 35.6 Å². The van der Waals surface area contributed by atoms with Crippen molar-refractivity contribution in [2.75, 3.05) is 0 Å². The van der Waals surface area contributed by atoms with Crippen LogP contribution in [0.15, 0.2) is 10.2 Å². The molecule has 0 saturated carbocycles. The van der Waals surface area contributed by atoms with Gasteiger partial charge in [-0.2, -0.15) is 0 Å². The summed E-state index contributed by atoms with van der Waals surface area (Å²) in [6.45, 7) is 16.2. The number of hydrogen-bond donors (Lipinski definition) is 0. The van der Waals surface area contributed by atoms with Crippen LogP contribution >= 0.6 is 0 Å². The molecule has 20 heavy (non-hydrogen) atoms. The summed E-state index contributed by atoms with van der Waals surface area (Å²) in [5.41, 5.74) is 0.275. The fourth-order valence-electron chi connectivity index (χ4n) is 2.13. The SMILES string of the molecule is CCC[CH2][Sn][CH]=CC(O[Si](C)(C)C)C(C)(C)CCCC. The normalized spacial score (nSPS) is 14.9. The summed E-state index contributed by atoms with van der Waals surface area (Å²) < 4.78 is 10.5. The van der Waals surface area contributed by atoms with Gasteiger partial charge in [-0.05, 0) is 0 Å². The van der Waals surface area contributed by atoms with Crippen molar-refractivity contribution in [1.82, 2.24) is 0 Å². The predicted octanol–water partition coefficient (Wildman–Crippen LogP) is 5.86. The van der Waals surface area contributed by atoms with Crippen molar-refractivity contribution in [1.29, 1.82) is 0 Å². The van der Waals surface area contributed by atoms with E-state index in [1.165, 1.54) is 36.5 Å². The van der Waals surface area contributed by atoms with E-state index >= 15 is 0 Å². The summed E-state index contributed by atoms with van der Waals surface area (Å²) in [5.74, 6) is 0. The first-order valence-electron chi connectivity index (χ1n) is 8.31. The summed E-state index contributed by atoms with van der Waals surface area (Å²) in [5, 5.41) is 0. The molecule has 0 saturated heterocycles. The topological polar surface area (TPSA) is 9.23 Å². The summed E-state index contributed by atoms with van der Waals surface area (Å²) >= 11 is -0.290. The number of unbranched alkanes of at least 4 members (excludes halogenated alkanes) is 2. The molecule has 0 N–H and O–H groups in total. The Labute approximate surface area is 139 Å². The van der Waals surface area contributed by atoms with Gasteiger partial charge in [-0.15, -0.1) is 0 Å². The second-order valence-electron chi connectivity index (χ2n) is 7.41. The molecule has 1 unspecified atom stereocenters. The molecule has 0 aliphatic carbocycles. The van der Waals surface area contributed by atoms with E-state index in [0.717, 1.165) is 0 Å². The van der Waals surface area contributed by atoms with E-state index in [2.05, 4.69) is 57.5 Å². The molecule has 2 radical (unpaired) electrons. The number of hydrogen-bond acceptors (Lipinski definition) is 1. The third-order valence-corrected chi connectivity index (χ3v) is 7.50. The Morgan fingerprint density at radius 2 is 1.70 bits per heavy atom. The van der Waals surface area contributed by atoms with E-state index in [-0.39, 0.29) is 26.6 Å². The van der Waals surface area contributed by atoms with Gasteiger partial charge in [-0.3, -0.25) is 0 Å².